The molecule has 2 aromatic heterocycles. The van der Waals surface area contributed by atoms with E-state index in [0.29, 0.717) is 17.5 Å². The third-order valence-electron chi connectivity index (χ3n) is 9.53. The maximum Gasteiger partial charge on any atom is 0.164 e. The average Bonchev–Trinajstić information content (AvgIpc) is 3.55. The summed E-state index contributed by atoms with van der Waals surface area (Å²) in [6.45, 7) is 0. The van der Waals surface area contributed by atoms with Crippen molar-refractivity contribution in [1.29, 1.82) is 0 Å². The molecule has 4 nitrogen and oxygen atoms in total. The fourth-order valence-electron chi connectivity index (χ4n) is 7.12. The fraction of sp³-hybridized carbons (Fsp3) is 0. The minimum Gasteiger partial charge on any atom is -0.456 e. The molecule has 4 heteroatoms. The summed E-state index contributed by atoms with van der Waals surface area (Å²) in [5.74, 6) is 1.83. The molecule has 0 aliphatic heterocycles. The van der Waals surface area contributed by atoms with Gasteiger partial charge >= 0.3 is 0 Å². The van der Waals surface area contributed by atoms with Crippen LogP contribution in [0.25, 0.3) is 99.5 Å². The summed E-state index contributed by atoms with van der Waals surface area (Å²) in [4.78, 5) is 15.4. The van der Waals surface area contributed by atoms with Gasteiger partial charge in [-0.05, 0) is 67.7 Å². The van der Waals surface area contributed by atoms with E-state index in [9.17, 15) is 0 Å². The van der Waals surface area contributed by atoms with Gasteiger partial charge in [0, 0.05) is 27.5 Å². The summed E-state index contributed by atoms with van der Waals surface area (Å²) in [5, 5.41) is 9.41. The molecular formula is C45H27N3O. The van der Waals surface area contributed by atoms with Crippen molar-refractivity contribution in [2.75, 3.05) is 0 Å². The van der Waals surface area contributed by atoms with Crippen molar-refractivity contribution in [3.05, 3.63) is 164 Å². The molecule has 0 unspecified atom stereocenters. The van der Waals surface area contributed by atoms with Crippen LogP contribution in [0.4, 0.5) is 0 Å². The maximum atomic E-state index is 6.27. The first-order valence-corrected chi connectivity index (χ1v) is 16.4. The monoisotopic (exact) mass is 625 g/mol. The number of furan rings is 1. The minimum absolute atomic E-state index is 0.592. The Labute approximate surface area is 282 Å². The van der Waals surface area contributed by atoms with Gasteiger partial charge in [0.15, 0.2) is 17.5 Å². The van der Waals surface area contributed by atoms with E-state index in [1.165, 1.54) is 26.9 Å². The second-order valence-electron chi connectivity index (χ2n) is 12.4. The van der Waals surface area contributed by atoms with E-state index in [4.69, 9.17) is 19.4 Å². The Bertz CT molecular complexity index is 2890. The smallest absolute Gasteiger partial charge is 0.164 e. The zero-order chi connectivity index (χ0) is 32.3. The minimum atomic E-state index is 0.592. The molecule has 49 heavy (non-hydrogen) atoms. The van der Waals surface area contributed by atoms with E-state index in [1.807, 2.05) is 36.4 Å². The van der Waals surface area contributed by atoms with Gasteiger partial charge in [-0.2, -0.15) is 0 Å². The molecule has 0 amide bonds. The first-order chi connectivity index (χ1) is 24.3. The average molecular weight is 626 g/mol. The summed E-state index contributed by atoms with van der Waals surface area (Å²) in [6, 6.07) is 57.0. The third kappa shape index (κ3) is 4.57. The van der Waals surface area contributed by atoms with Gasteiger partial charge in [-0.3, -0.25) is 0 Å². The summed E-state index contributed by atoms with van der Waals surface area (Å²) >= 11 is 0. The first kappa shape index (κ1) is 27.5. The van der Waals surface area contributed by atoms with Crippen LogP contribution in [0.3, 0.4) is 0 Å². The van der Waals surface area contributed by atoms with E-state index in [2.05, 4.69) is 127 Å². The quantitative estimate of drug-likeness (QED) is 0.183. The highest BCUT2D eigenvalue weighted by molar-refractivity contribution is 6.17. The molecule has 0 atom stereocenters. The molecule has 228 valence electrons. The molecule has 0 bridgehead atoms. The predicted molar refractivity (Wildman–Crippen MR) is 201 cm³/mol. The van der Waals surface area contributed by atoms with Crippen molar-refractivity contribution in [2.45, 2.75) is 0 Å². The summed E-state index contributed by atoms with van der Waals surface area (Å²) in [6.07, 6.45) is 0. The van der Waals surface area contributed by atoms with Crippen LogP contribution in [0.5, 0.6) is 0 Å². The Morgan fingerprint density at radius 3 is 1.69 bits per heavy atom. The highest BCUT2D eigenvalue weighted by Gasteiger charge is 2.17. The number of hydrogen-bond donors (Lipinski definition) is 0. The van der Waals surface area contributed by atoms with Crippen molar-refractivity contribution in [2.24, 2.45) is 0 Å². The topological polar surface area (TPSA) is 51.8 Å². The van der Waals surface area contributed by atoms with Crippen LogP contribution in [0.1, 0.15) is 0 Å². The van der Waals surface area contributed by atoms with Gasteiger partial charge in [-0.25, -0.2) is 15.0 Å². The Balaban J connectivity index is 1.21. The molecular weight excluding hydrogens is 599 g/mol. The molecule has 0 N–H and O–H groups in total. The SMILES string of the molecule is c1ccc(-c2ccccc2-c2nc(-c3ccc4c(c3)oc3ccccc34)nc(-c3ccc4ccc5c6ccccc6ccc5c4c3)n2)cc1. The van der Waals surface area contributed by atoms with Crippen molar-refractivity contribution in [3.63, 3.8) is 0 Å². The van der Waals surface area contributed by atoms with Gasteiger partial charge in [0.1, 0.15) is 11.2 Å². The van der Waals surface area contributed by atoms with E-state index in [0.717, 1.165) is 55.1 Å². The van der Waals surface area contributed by atoms with E-state index in [1.54, 1.807) is 0 Å². The van der Waals surface area contributed by atoms with Crippen molar-refractivity contribution in [3.8, 4) is 45.3 Å². The van der Waals surface area contributed by atoms with Crippen LogP contribution >= 0.6 is 0 Å². The molecule has 10 aromatic rings. The van der Waals surface area contributed by atoms with Crippen molar-refractivity contribution >= 4 is 54.3 Å². The van der Waals surface area contributed by atoms with Crippen LogP contribution in [0.15, 0.2) is 168 Å². The number of hydrogen-bond acceptors (Lipinski definition) is 4. The van der Waals surface area contributed by atoms with Crippen LogP contribution in [0, 0.1) is 0 Å². The van der Waals surface area contributed by atoms with Crippen LogP contribution < -0.4 is 0 Å². The number of nitrogens with zero attached hydrogens (tertiary/aromatic N) is 3. The van der Waals surface area contributed by atoms with E-state index in [-0.39, 0.29) is 0 Å². The number of rotatable bonds is 4. The second-order valence-corrected chi connectivity index (χ2v) is 12.4. The lowest BCUT2D eigenvalue weighted by Gasteiger charge is -2.13. The largest absolute Gasteiger partial charge is 0.456 e. The van der Waals surface area contributed by atoms with Crippen molar-refractivity contribution in [1.82, 2.24) is 15.0 Å². The Morgan fingerprint density at radius 1 is 0.306 bits per heavy atom. The predicted octanol–water partition coefficient (Wildman–Crippen LogP) is 11.9. The highest BCUT2D eigenvalue weighted by atomic mass is 16.3. The lowest BCUT2D eigenvalue weighted by atomic mass is 9.96. The molecule has 10 rings (SSSR count). The summed E-state index contributed by atoms with van der Waals surface area (Å²) < 4.78 is 6.27. The van der Waals surface area contributed by atoms with Crippen LogP contribution in [0.2, 0.25) is 0 Å². The zero-order valence-electron chi connectivity index (χ0n) is 26.3. The van der Waals surface area contributed by atoms with Gasteiger partial charge < -0.3 is 4.42 Å². The molecule has 0 aliphatic rings. The number of benzene rings is 8. The fourth-order valence-corrected chi connectivity index (χ4v) is 7.12. The van der Waals surface area contributed by atoms with E-state index >= 15 is 0 Å². The van der Waals surface area contributed by atoms with Gasteiger partial charge in [-0.1, -0.05) is 140 Å². The number of para-hydroxylation sites is 1. The van der Waals surface area contributed by atoms with Crippen LogP contribution in [-0.4, -0.2) is 15.0 Å². The first-order valence-electron chi connectivity index (χ1n) is 16.4. The molecule has 0 saturated heterocycles. The van der Waals surface area contributed by atoms with Gasteiger partial charge in [0.05, 0.1) is 0 Å². The Kier molecular flexibility index (Phi) is 6.15. The summed E-state index contributed by atoms with van der Waals surface area (Å²) in [5.41, 5.74) is 6.58. The standard InChI is InChI=1S/C45H27N3O/c1-2-10-28(11-3-1)34-14-6-7-16-39(34)45-47-43(46-44(48-45)32-22-25-38-37-15-8-9-17-41(37)49-42(38)27-32)31-19-18-30-21-23-35-33-13-5-4-12-29(33)20-24-36(35)40(30)26-31/h1-27H. The Morgan fingerprint density at radius 2 is 0.857 bits per heavy atom. The Hall–Kier alpha value is -6.65. The normalized spacial score (nSPS) is 11.7. The van der Waals surface area contributed by atoms with Crippen LogP contribution in [-0.2, 0) is 0 Å². The molecule has 8 aromatic carbocycles. The number of fused-ring (bicyclic) bond motifs is 8. The maximum absolute atomic E-state index is 6.27. The van der Waals surface area contributed by atoms with Crippen molar-refractivity contribution < 1.29 is 4.42 Å². The molecule has 0 spiro atoms. The van der Waals surface area contributed by atoms with E-state index < -0.39 is 0 Å². The molecule has 0 radical (unpaired) electrons. The lowest BCUT2D eigenvalue weighted by molar-refractivity contribution is 0.669. The highest BCUT2D eigenvalue weighted by Crippen LogP contribution is 2.37. The van der Waals surface area contributed by atoms with Gasteiger partial charge in [-0.15, -0.1) is 0 Å². The zero-order valence-corrected chi connectivity index (χ0v) is 26.3. The molecule has 0 aliphatic carbocycles. The van der Waals surface area contributed by atoms with Gasteiger partial charge in [0.25, 0.3) is 0 Å². The van der Waals surface area contributed by atoms with Gasteiger partial charge in [0.2, 0.25) is 0 Å². The molecule has 0 fully saturated rings. The lowest BCUT2D eigenvalue weighted by Crippen LogP contribution is -2.01. The number of aromatic nitrogens is 3. The molecule has 0 saturated carbocycles. The molecule has 2 heterocycles. The second kappa shape index (κ2) is 11.0. The summed E-state index contributed by atoms with van der Waals surface area (Å²) in [7, 11) is 0. The third-order valence-corrected chi connectivity index (χ3v) is 9.53.